The minimum Gasteiger partial charge on any atom is -0.344 e. The number of anilines is 1. The van der Waals surface area contributed by atoms with Gasteiger partial charge in [-0.3, -0.25) is 24.2 Å². The van der Waals surface area contributed by atoms with E-state index < -0.39 is 0 Å². The lowest BCUT2D eigenvalue weighted by Crippen LogP contribution is -2.19. The van der Waals surface area contributed by atoms with Gasteiger partial charge in [-0.05, 0) is 44.9 Å². The smallest absolute Gasteiger partial charge is 0.246 e. The van der Waals surface area contributed by atoms with Crippen molar-refractivity contribution in [3.8, 4) is 0 Å². The molecule has 32 heavy (non-hydrogen) atoms. The zero-order valence-corrected chi connectivity index (χ0v) is 18.0. The van der Waals surface area contributed by atoms with Gasteiger partial charge in [-0.25, -0.2) is 0 Å². The summed E-state index contributed by atoms with van der Waals surface area (Å²) in [6, 6.07) is 5.73. The number of amides is 1. The third-order valence-corrected chi connectivity index (χ3v) is 5.68. The second kappa shape index (κ2) is 8.03. The monoisotopic (exact) mass is 428 g/mol. The van der Waals surface area contributed by atoms with Gasteiger partial charge >= 0.3 is 0 Å². The number of pyridine rings is 2. The van der Waals surface area contributed by atoms with Crippen molar-refractivity contribution in [2.45, 2.75) is 45.2 Å². The molecule has 1 N–H and O–H groups in total. The Kier molecular flexibility index (Phi) is 5.05. The molecule has 4 aromatic rings. The molecule has 1 aliphatic rings. The fourth-order valence-electron chi connectivity index (χ4n) is 3.90. The van der Waals surface area contributed by atoms with Crippen molar-refractivity contribution in [3.05, 3.63) is 72.2 Å². The van der Waals surface area contributed by atoms with Gasteiger partial charge in [0.05, 0.1) is 23.1 Å². The predicted molar refractivity (Wildman–Crippen MR) is 121 cm³/mol. The first kappa shape index (κ1) is 20.1. The molecule has 1 amide bonds. The van der Waals surface area contributed by atoms with Crippen LogP contribution in [0.5, 0.6) is 0 Å². The van der Waals surface area contributed by atoms with Crippen LogP contribution < -0.4 is 5.32 Å². The number of ketones is 1. The van der Waals surface area contributed by atoms with E-state index in [0.717, 1.165) is 16.6 Å². The molecule has 1 saturated carbocycles. The zero-order valence-electron chi connectivity index (χ0n) is 18.0. The van der Waals surface area contributed by atoms with E-state index in [1.807, 2.05) is 24.5 Å². The number of nitrogens with zero attached hydrogens (tertiary/aromatic N) is 5. The summed E-state index contributed by atoms with van der Waals surface area (Å²) >= 11 is 0. The first-order chi connectivity index (χ1) is 15.5. The van der Waals surface area contributed by atoms with E-state index in [4.69, 9.17) is 0 Å². The van der Waals surface area contributed by atoms with Crippen LogP contribution >= 0.6 is 0 Å². The number of fused-ring (bicyclic) bond motifs is 1. The van der Waals surface area contributed by atoms with Gasteiger partial charge in [-0.15, -0.1) is 0 Å². The molecule has 5 rings (SSSR count). The van der Waals surface area contributed by atoms with Crippen LogP contribution in [0, 0.1) is 0 Å². The Labute approximate surface area is 185 Å². The van der Waals surface area contributed by atoms with Crippen LogP contribution in [0.2, 0.25) is 0 Å². The predicted octanol–water partition coefficient (Wildman–Crippen LogP) is 3.96. The van der Waals surface area contributed by atoms with Gasteiger partial charge in [0, 0.05) is 59.5 Å². The number of hydrogen-bond acceptors (Lipinski definition) is 5. The molecule has 0 bridgehead atoms. The lowest BCUT2D eigenvalue weighted by Gasteiger charge is -2.08. The second-order valence-corrected chi connectivity index (χ2v) is 8.49. The Balaban J connectivity index is 1.35. The molecule has 162 valence electrons. The number of hydrogen-bond donors (Lipinski definition) is 1. The molecule has 8 nitrogen and oxygen atoms in total. The largest absolute Gasteiger partial charge is 0.344 e. The summed E-state index contributed by atoms with van der Waals surface area (Å²) < 4.78 is 3.70. The van der Waals surface area contributed by atoms with Crippen molar-refractivity contribution in [2.75, 3.05) is 5.32 Å². The summed E-state index contributed by atoms with van der Waals surface area (Å²) in [6.45, 7) is 4.25. The van der Waals surface area contributed by atoms with Crippen molar-refractivity contribution in [2.24, 2.45) is 0 Å². The van der Waals surface area contributed by atoms with Gasteiger partial charge in [0.25, 0.3) is 0 Å². The van der Waals surface area contributed by atoms with Crippen LogP contribution in [-0.2, 0) is 11.3 Å². The molecule has 4 heterocycles. The van der Waals surface area contributed by atoms with Gasteiger partial charge in [0.2, 0.25) is 5.91 Å². The quantitative estimate of drug-likeness (QED) is 0.450. The van der Waals surface area contributed by atoms with Crippen molar-refractivity contribution < 1.29 is 9.59 Å². The van der Waals surface area contributed by atoms with Crippen LogP contribution in [0.1, 0.15) is 60.3 Å². The Morgan fingerprint density at radius 3 is 2.78 bits per heavy atom. The van der Waals surface area contributed by atoms with E-state index in [-0.39, 0.29) is 24.3 Å². The van der Waals surface area contributed by atoms with E-state index in [0.29, 0.717) is 22.7 Å². The number of nitrogens with one attached hydrogen (secondary N) is 1. The average Bonchev–Trinajstić information content (AvgIpc) is 3.40. The molecule has 0 aromatic carbocycles. The van der Waals surface area contributed by atoms with E-state index in [9.17, 15) is 9.59 Å². The normalized spacial score (nSPS) is 13.6. The third-order valence-electron chi connectivity index (χ3n) is 5.68. The molecule has 0 unspecified atom stereocenters. The summed E-state index contributed by atoms with van der Waals surface area (Å²) in [5, 5.41) is 8.08. The molecule has 4 aromatic heterocycles. The number of aromatic nitrogens is 5. The summed E-state index contributed by atoms with van der Waals surface area (Å²) in [6.07, 6.45) is 12.5. The minimum atomic E-state index is -0.220. The maximum Gasteiger partial charge on any atom is 0.246 e. The zero-order chi connectivity index (χ0) is 22.2. The van der Waals surface area contributed by atoms with Crippen LogP contribution in [-0.4, -0.2) is 36.0 Å². The van der Waals surface area contributed by atoms with E-state index in [2.05, 4.69) is 38.8 Å². The van der Waals surface area contributed by atoms with Crippen LogP contribution in [0.15, 0.2) is 55.4 Å². The summed E-state index contributed by atoms with van der Waals surface area (Å²) in [5.74, 6) is 0.164. The SMILES string of the molecule is CC(C)n1cc(C(=O)c2cncc(NC(=O)Cn3ccc(C4CC4)n3)c2)c2cnccc21. The standard InChI is InChI=1S/C24H24N6O2/c1-15(2)30-13-20(19-12-25-7-5-22(19)30)24(32)17-9-18(11-26-10-17)27-23(31)14-29-8-6-21(28-29)16-3-4-16/h5-13,15-16H,3-4,14H2,1-2H3,(H,27,31). The molecule has 1 fully saturated rings. The fraction of sp³-hybridized carbons (Fsp3) is 0.292. The van der Waals surface area contributed by atoms with Crippen LogP contribution in [0.4, 0.5) is 5.69 Å². The van der Waals surface area contributed by atoms with Crippen LogP contribution in [0.3, 0.4) is 0 Å². The number of carbonyl (C=O) groups is 2. The fourth-order valence-corrected chi connectivity index (χ4v) is 3.90. The van der Waals surface area contributed by atoms with Gasteiger partial charge in [-0.1, -0.05) is 0 Å². The van der Waals surface area contributed by atoms with E-state index >= 15 is 0 Å². The lowest BCUT2D eigenvalue weighted by molar-refractivity contribution is -0.116. The van der Waals surface area contributed by atoms with Crippen molar-refractivity contribution in [1.29, 1.82) is 0 Å². The lowest BCUT2D eigenvalue weighted by atomic mass is 10.1. The average molecular weight is 428 g/mol. The van der Waals surface area contributed by atoms with Gasteiger partial charge in [0.1, 0.15) is 6.54 Å². The molecule has 1 aliphatic carbocycles. The van der Waals surface area contributed by atoms with Crippen molar-refractivity contribution >= 4 is 28.3 Å². The van der Waals surface area contributed by atoms with Gasteiger partial charge in [0.15, 0.2) is 5.78 Å². The van der Waals surface area contributed by atoms with Crippen molar-refractivity contribution in [3.63, 3.8) is 0 Å². The molecule has 0 spiro atoms. The first-order valence-corrected chi connectivity index (χ1v) is 10.8. The summed E-state index contributed by atoms with van der Waals surface area (Å²) in [4.78, 5) is 34.1. The van der Waals surface area contributed by atoms with Crippen LogP contribution in [0.25, 0.3) is 10.9 Å². The molecule has 0 saturated heterocycles. The Morgan fingerprint density at radius 2 is 2.00 bits per heavy atom. The maximum absolute atomic E-state index is 13.3. The second-order valence-electron chi connectivity index (χ2n) is 8.49. The molecular formula is C24H24N6O2. The summed E-state index contributed by atoms with van der Waals surface area (Å²) in [5.41, 5.74) is 3.45. The topological polar surface area (TPSA) is 94.7 Å². The minimum absolute atomic E-state index is 0.110. The van der Waals surface area contributed by atoms with Gasteiger partial charge in [-0.2, -0.15) is 5.10 Å². The first-order valence-electron chi connectivity index (χ1n) is 10.8. The Morgan fingerprint density at radius 1 is 1.16 bits per heavy atom. The number of carbonyl (C=O) groups excluding carboxylic acids is 2. The summed E-state index contributed by atoms with van der Waals surface area (Å²) in [7, 11) is 0. The Bertz CT molecular complexity index is 1320. The third kappa shape index (κ3) is 3.91. The van der Waals surface area contributed by atoms with Gasteiger partial charge < -0.3 is 9.88 Å². The molecular weight excluding hydrogens is 404 g/mol. The number of rotatable bonds is 7. The molecule has 8 heteroatoms. The van der Waals surface area contributed by atoms with E-state index in [1.165, 1.54) is 25.2 Å². The highest BCUT2D eigenvalue weighted by molar-refractivity contribution is 6.16. The molecule has 0 radical (unpaired) electrons. The molecule has 0 aliphatic heterocycles. The highest BCUT2D eigenvalue weighted by atomic mass is 16.2. The van der Waals surface area contributed by atoms with E-state index in [1.54, 1.807) is 23.1 Å². The highest BCUT2D eigenvalue weighted by Crippen LogP contribution is 2.38. The highest BCUT2D eigenvalue weighted by Gasteiger charge is 2.26. The Hall–Kier alpha value is -3.81. The van der Waals surface area contributed by atoms with Crippen molar-refractivity contribution in [1.82, 2.24) is 24.3 Å². The maximum atomic E-state index is 13.3. The molecule has 0 atom stereocenters.